The standard InChI is InChI=1S/C12H12N4O2S/c17-11-12(18)15-10(6-13-11)19-7-8-2-4-16-9(5-8)1-3-14-16/h1-6,12,15,18H,7H2,(H,13,17). The third-order valence-corrected chi connectivity index (χ3v) is 3.76. The van der Waals surface area contributed by atoms with E-state index in [4.69, 9.17) is 0 Å². The molecule has 0 saturated heterocycles. The molecular formula is C12H12N4O2S. The number of carbonyl (C=O) groups excluding carboxylic acids is 1. The molecule has 3 heterocycles. The number of nitrogens with one attached hydrogen (secondary N) is 2. The van der Waals surface area contributed by atoms with E-state index in [9.17, 15) is 9.90 Å². The Hall–Kier alpha value is -1.99. The highest BCUT2D eigenvalue weighted by Gasteiger charge is 2.19. The van der Waals surface area contributed by atoms with E-state index in [1.165, 1.54) is 11.8 Å². The summed E-state index contributed by atoms with van der Waals surface area (Å²) < 4.78 is 1.80. The largest absolute Gasteiger partial charge is 0.366 e. The molecule has 1 unspecified atom stereocenters. The van der Waals surface area contributed by atoms with Gasteiger partial charge in [-0.15, -0.1) is 11.8 Å². The van der Waals surface area contributed by atoms with Gasteiger partial charge in [0.2, 0.25) is 6.23 Å². The van der Waals surface area contributed by atoms with Gasteiger partial charge >= 0.3 is 0 Å². The average Bonchev–Trinajstić information content (AvgIpc) is 2.87. The van der Waals surface area contributed by atoms with Crippen molar-refractivity contribution < 1.29 is 9.90 Å². The van der Waals surface area contributed by atoms with Crippen LogP contribution in [0.5, 0.6) is 0 Å². The van der Waals surface area contributed by atoms with Gasteiger partial charge in [0.1, 0.15) is 0 Å². The predicted molar refractivity (Wildman–Crippen MR) is 71.9 cm³/mol. The Balaban J connectivity index is 1.67. The number of nitrogens with zero attached hydrogens (tertiary/aromatic N) is 2. The van der Waals surface area contributed by atoms with Gasteiger partial charge in [0.25, 0.3) is 5.91 Å². The first-order chi connectivity index (χ1) is 9.22. The molecule has 3 N–H and O–H groups in total. The van der Waals surface area contributed by atoms with E-state index in [2.05, 4.69) is 21.8 Å². The number of fused-ring (bicyclic) bond motifs is 1. The van der Waals surface area contributed by atoms with Crippen molar-refractivity contribution in [3.8, 4) is 0 Å². The summed E-state index contributed by atoms with van der Waals surface area (Å²) in [6.07, 6.45) is 4.05. The molecule has 2 aromatic heterocycles. The second-order valence-corrected chi connectivity index (χ2v) is 5.11. The first kappa shape index (κ1) is 12.1. The monoisotopic (exact) mass is 276 g/mol. The van der Waals surface area contributed by atoms with Crippen LogP contribution in [0.3, 0.4) is 0 Å². The third-order valence-electron chi connectivity index (χ3n) is 2.73. The second-order valence-electron chi connectivity index (χ2n) is 4.09. The summed E-state index contributed by atoms with van der Waals surface area (Å²) in [6, 6.07) is 5.99. The van der Waals surface area contributed by atoms with Crippen LogP contribution in [0.15, 0.2) is 41.8 Å². The Kier molecular flexibility index (Phi) is 3.14. The lowest BCUT2D eigenvalue weighted by Gasteiger charge is -2.20. The highest BCUT2D eigenvalue weighted by molar-refractivity contribution is 8.02. The van der Waals surface area contributed by atoms with Gasteiger partial charge in [-0.3, -0.25) is 4.79 Å². The van der Waals surface area contributed by atoms with Crippen LogP contribution >= 0.6 is 11.8 Å². The van der Waals surface area contributed by atoms with Crippen molar-refractivity contribution in [2.24, 2.45) is 0 Å². The fourth-order valence-electron chi connectivity index (χ4n) is 1.76. The van der Waals surface area contributed by atoms with Crippen LogP contribution in [-0.4, -0.2) is 26.9 Å². The number of rotatable bonds is 3. The molecule has 0 aliphatic carbocycles. The molecule has 1 amide bonds. The van der Waals surface area contributed by atoms with E-state index in [-0.39, 0.29) is 0 Å². The summed E-state index contributed by atoms with van der Waals surface area (Å²) >= 11 is 1.51. The topological polar surface area (TPSA) is 78.7 Å². The minimum atomic E-state index is -1.18. The van der Waals surface area contributed by atoms with E-state index in [0.29, 0.717) is 0 Å². The maximum Gasteiger partial charge on any atom is 0.273 e. The van der Waals surface area contributed by atoms with Crippen molar-refractivity contribution in [3.63, 3.8) is 0 Å². The molecule has 1 aliphatic rings. The molecule has 2 aromatic rings. The van der Waals surface area contributed by atoms with Gasteiger partial charge in [-0.1, -0.05) is 0 Å². The summed E-state index contributed by atoms with van der Waals surface area (Å²) in [7, 11) is 0. The average molecular weight is 276 g/mol. The van der Waals surface area contributed by atoms with E-state index >= 15 is 0 Å². The maximum absolute atomic E-state index is 11.0. The van der Waals surface area contributed by atoms with E-state index < -0.39 is 12.1 Å². The molecule has 0 radical (unpaired) electrons. The van der Waals surface area contributed by atoms with Crippen LogP contribution in [0, 0.1) is 0 Å². The number of aliphatic hydroxyl groups excluding tert-OH is 1. The molecule has 0 saturated carbocycles. The number of aromatic nitrogens is 2. The van der Waals surface area contributed by atoms with Gasteiger partial charge < -0.3 is 15.7 Å². The number of carbonyl (C=O) groups is 1. The van der Waals surface area contributed by atoms with Crippen LogP contribution in [-0.2, 0) is 10.5 Å². The second kappa shape index (κ2) is 4.94. The van der Waals surface area contributed by atoms with Gasteiger partial charge in [0.05, 0.1) is 10.5 Å². The molecule has 3 rings (SSSR count). The Labute approximate surface area is 113 Å². The van der Waals surface area contributed by atoms with Gasteiger partial charge in [0, 0.05) is 24.3 Å². The molecule has 7 heteroatoms. The van der Waals surface area contributed by atoms with Crippen LogP contribution < -0.4 is 10.6 Å². The molecule has 1 aliphatic heterocycles. The number of pyridine rings is 1. The molecule has 0 bridgehead atoms. The summed E-state index contributed by atoms with van der Waals surface area (Å²) in [4.78, 5) is 11.0. The minimum Gasteiger partial charge on any atom is -0.366 e. The summed E-state index contributed by atoms with van der Waals surface area (Å²) in [5.74, 6) is 0.299. The first-order valence-corrected chi connectivity index (χ1v) is 6.71. The van der Waals surface area contributed by atoms with E-state index in [1.807, 2.05) is 18.3 Å². The molecule has 0 spiro atoms. The van der Waals surface area contributed by atoms with Crippen molar-refractivity contribution in [1.82, 2.24) is 20.2 Å². The van der Waals surface area contributed by atoms with Crippen molar-refractivity contribution >= 4 is 23.2 Å². The van der Waals surface area contributed by atoms with Gasteiger partial charge in [0.15, 0.2) is 0 Å². The number of hydrogen-bond donors (Lipinski definition) is 3. The summed E-state index contributed by atoms with van der Waals surface area (Å²) in [6.45, 7) is 0. The lowest BCUT2D eigenvalue weighted by Crippen LogP contribution is -2.45. The number of hydrogen-bond acceptors (Lipinski definition) is 5. The quantitative estimate of drug-likeness (QED) is 0.756. The van der Waals surface area contributed by atoms with Crippen LogP contribution in [0.2, 0.25) is 0 Å². The molecule has 1 atom stereocenters. The fourth-order valence-corrected chi connectivity index (χ4v) is 2.60. The lowest BCUT2D eigenvalue weighted by atomic mass is 10.3. The molecule has 6 nitrogen and oxygen atoms in total. The Morgan fingerprint density at radius 2 is 2.37 bits per heavy atom. The number of thioether (sulfide) groups is 1. The van der Waals surface area contributed by atoms with Crippen molar-refractivity contribution in [3.05, 3.63) is 47.4 Å². The summed E-state index contributed by atoms with van der Waals surface area (Å²) in [5, 5.41) is 19.5. The highest BCUT2D eigenvalue weighted by atomic mass is 32.2. The van der Waals surface area contributed by atoms with Crippen molar-refractivity contribution in [1.29, 1.82) is 0 Å². The van der Waals surface area contributed by atoms with Crippen molar-refractivity contribution in [2.75, 3.05) is 0 Å². The Morgan fingerprint density at radius 1 is 1.47 bits per heavy atom. The highest BCUT2D eigenvalue weighted by Crippen LogP contribution is 2.21. The Bertz CT molecular complexity index is 652. The molecule has 0 aromatic carbocycles. The molecule has 0 fully saturated rings. The number of aliphatic hydroxyl groups is 1. The lowest BCUT2D eigenvalue weighted by molar-refractivity contribution is -0.130. The SMILES string of the molecule is O=C1NC=C(SCc2ccn3nccc3c2)NC1O. The van der Waals surface area contributed by atoms with E-state index in [0.717, 1.165) is 21.9 Å². The van der Waals surface area contributed by atoms with Crippen LogP contribution in [0.25, 0.3) is 5.52 Å². The molecular weight excluding hydrogens is 264 g/mol. The van der Waals surface area contributed by atoms with Gasteiger partial charge in [-0.2, -0.15) is 5.10 Å². The maximum atomic E-state index is 11.0. The zero-order chi connectivity index (χ0) is 13.2. The van der Waals surface area contributed by atoms with E-state index in [1.54, 1.807) is 16.9 Å². The van der Waals surface area contributed by atoms with Gasteiger partial charge in [-0.05, 0) is 23.8 Å². The number of amides is 1. The van der Waals surface area contributed by atoms with Crippen LogP contribution in [0.4, 0.5) is 0 Å². The molecule has 98 valence electrons. The van der Waals surface area contributed by atoms with Crippen LogP contribution in [0.1, 0.15) is 5.56 Å². The normalized spacial score (nSPS) is 18.9. The smallest absolute Gasteiger partial charge is 0.273 e. The predicted octanol–water partition coefficient (Wildman–Crippen LogP) is 0.404. The minimum absolute atomic E-state index is 0.440. The summed E-state index contributed by atoms with van der Waals surface area (Å²) in [5.41, 5.74) is 2.18. The third kappa shape index (κ3) is 2.56. The fraction of sp³-hybridized carbons (Fsp3) is 0.167. The van der Waals surface area contributed by atoms with Crippen molar-refractivity contribution in [2.45, 2.75) is 12.0 Å². The van der Waals surface area contributed by atoms with Gasteiger partial charge in [-0.25, -0.2) is 4.52 Å². The Morgan fingerprint density at radius 3 is 3.21 bits per heavy atom. The zero-order valence-electron chi connectivity index (χ0n) is 9.91. The zero-order valence-corrected chi connectivity index (χ0v) is 10.7. The molecule has 19 heavy (non-hydrogen) atoms. The first-order valence-electron chi connectivity index (χ1n) is 5.72.